The van der Waals surface area contributed by atoms with E-state index in [-0.39, 0.29) is 15.7 Å². The van der Waals surface area contributed by atoms with Crippen LogP contribution in [0.25, 0.3) is 0 Å². The van der Waals surface area contributed by atoms with Crippen molar-refractivity contribution in [2.75, 3.05) is 0 Å². The molecule has 0 aliphatic carbocycles. The van der Waals surface area contributed by atoms with Crippen molar-refractivity contribution in [3.05, 3.63) is 51.5 Å². The lowest BCUT2D eigenvalue weighted by atomic mass is 10.2. The Hall–Kier alpha value is -1.60. The Bertz CT molecular complexity index is 865. The average molecular weight is 359 g/mol. The van der Waals surface area contributed by atoms with E-state index < -0.39 is 10.0 Å². The normalized spacial score (nSPS) is 12.0. The maximum atomic E-state index is 11.5. The lowest BCUT2D eigenvalue weighted by Gasteiger charge is -2.05. The first-order chi connectivity index (χ1) is 10.2. The summed E-state index contributed by atoms with van der Waals surface area (Å²) < 4.78 is 22.9. The van der Waals surface area contributed by atoms with Crippen molar-refractivity contribution in [3.8, 4) is 5.75 Å². The fourth-order valence-corrected chi connectivity index (χ4v) is 3.11. The van der Waals surface area contributed by atoms with Gasteiger partial charge in [0, 0.05) is 16.8 Å². The number of sulfonamides is 1. The van der Waals surface area contributed by atoms with Crippen LogP contribution in [0.2, 0.25) is 10.0 Å². The first-order valence-corrected chi connectivity index (χ1v) is 8.34. The van der Waals surface area contributed by atoms with Crippen LogP contribution >= 0.6 is 23.2 Å². The quantitative estimate of drug-likeness (QED) is 0.823. The maximum Gasteiger partial charge on any atom is 0.238 e. The SMILES string of the molecule is Cc1ccc(N=Cc2cc(Cl)cc(Cl)c2O)cc1S(N)(=O)=O. The molecule has 0 unspecified atom stereocenters. The first-order valence-electron chi connectivity index (χ1n) is 6.04. The topological polar surface area (TPSA) is 92.8 Å². The number of aliphatic imine (C=N–C) groups is 1. The Morgan fingerprint density at radius 1 is 1.23 bits per heavy atom. The smallest absolute Gasteiger partial charge is 0.238 e. The molecule has 0 radical (unpaired) electrons. The van der Waals surface area contributed by atoms with Gasteiger partial charge in [0.25, 0.3) is 0 Å². The molecule has 0 aromatic heterocycles. The Kier molecular flexibility index (Phi) is 4.77. The Labute approximate surface area is 138 Å². The lowest BCUT2D eigenvalue weighted by Crippen LogP contribution is -2.13. The predicted octanol–water partition coefficient (Wildman–Crippen LogP) is 3.41. The van der Waals surface area contributed by atoms with Crippen molar-refractivity contribution < 1.29 is 13.5 Å². The molecule has 22 heavy (non-hydrogen) atoms. The number of nitrogens with two attached hydrogens (primary N) is 1. The molecular formula is C14H12Cl2N2O3S. The van der Waals surface area contributed by atoms with Crippen LogP contribution in [0.15, 0.2) is 40.2 Å². The van der Waals surface area contributed by atoms with E-state index in [9.17, 15) is 13.5 Å². The number of nitrogens with zero attached hydrogens (tertiary/aromatic N) is 1. The third-order valence-electron chi connectivity index (χ3n) is 2.89. The number of phenols is 1. The molecule has 8 heteroatoms. The van der Waals surface area contributed by atoms with Crippen molar-refractivity contribution in [3.63, 3.8) is 0 Å². The van der Waals surface area contributed by atoms with Gasteiger partial charge in [-0.05, 0) is 36.8 Å². The molecule has 0 fully saturated rings. The van der Waals surface area contributed by atoms with Crippen molar-refractivity contribution in [1.82, 2.24) is 0 Å². The van der Waals surface area contributed by atoms with Gasteiger partial charge in [-0.1, -0.05) is 29.3 Å². The Morgan fingerprint density at radius 3 is 2.55 bits per heavy atom. The second-order valence-corrected chi connectivity index (χ2v) is 6.95. The molecule has 2 rings (SSSR count). The summed E-state index contributed by atoms with van der Waals surface area (Å²) in [5.41, 5.74) is 1.20. The number of halogens is 2. The standard InChI is InChI=1S/C14H12Cl2N2O3S/c1-8-2-3-11(6-13(8)22(17,20)21)18-7-9-4-10(15)5-12(16)14(9)19/h2-7,19H,1H3,(H2,17,20,21). The molecule has 3 N–H and O–H groups in total. The van der Waals surface area contributed by atoms with Gasteiger partial charge >= 0.3 is 0 Å². The highest BCUT2D eigenvalue weighted by atomic mass is 35.5. The third kappa shape index (κ3) is 3.78. The third-order valence-corrected chi connectivity index (χ3v) is 4.45. The second-order valence-electron chi connectivity index (χ2n) is 4.58. The van der Waals surface area contributed by atoms with E-state index in [4.69, 9.17) is 28.3 Å². The number of aryl methyl sites for hydroxylation is 1. The van der Waals surface area contributed by atoms with Gasteiger partial charge in [-0.2, -0.15) is 0 Å². The summed E-state index contributed by atoms with van der Waals surface area (Å²) in [6, 6.07) is 7.47. The van der Waals surface area contributed by atoms with Gasteiger partial charge in [0.2, 0.25) is 10.0 Å². The van der Waals surface area contributed by atoms with Gasteiger partial charge in [0.05, 0.1) is 15.6 Å². The highest BCUT2D eigenvalue weighted by Crippen LogP contribution is 2.30. The molecular weight excluding hydrogens is 347 g/mol. The lowest BCUT2D eigenvalue weighted by molar-refractivity contribution is 0.475. The molecule has 0 spiro atoms. The number of primary sulfonamides is 1. The van der Waals surface area contributed by atoms with Gasteiger partial charge < -0.3 is 5.11 Å². The molecule has 0 atom stereocenters. The van der Waals surface area contributed by atoms with Crippen LogP contribution in [-0.4, -0.2) is 19.7 Å². The minimum absolute atomic E-state index is 0.00417. The predicted molar refractivity (Wildman–Crippen MR) is 87.9 cm³/mol. The summed E-state index contributed by atoms with van der Waals surface area (Å²) in [5.74, 6) is -0.159. The van der Waals surface area contributed by atoms with Crippen molar-refractivity contribution >= 4 is 45.1 Å². The van der Waals surface area contributed by atoms with E-state index >= 15 is 0 Å². The largest absolute Gasteiger partial charge is 0.506 e. The molecule has 0 saturated carbocycles. The van der Waals surface area contributed by atoms with E-state index in [2.05, 4.69) is 4.99 Å². The molecule has 0 bridgehead atoms. The molecule has 0 aliphatic rings. The van der Waals surface area contributed by atoms with Crippen LogP contribution in [-0.2, 0) is 10.0 Å². The van der Waals surface area contributed by atoms with Crippen LogP contribution in [0.3, 0.4) is 0 Å². The number of hydrogen-bond donors (Lipinski definition) is 2. The van der Waals surface area contributed by atoms with Crippen molar-refractivity contribution in [2.24, 2.45) is 10.1 Å². The molecule has 5 nitrogen and oxygen atoms in total. The van der Waals surface area contributed by atoms with E-state index in [1.165, 1.54) is 24.4 Å². The molecule has 0 aliphatic heterocycles. The van der Waals surface area contributed by atoms with E-state index in [0.29, 0.717) is 21.8 Å². The minimum atomic E-state index is -3.83. The van der Waals surface area contributed by atoms with Crippen LogP contribution < -0.4 is 5.14 Å². The molecule has 0 heterocycles. The zero-order chi connectivity index (χ0) is 16.5. The van der Waals surface area contributed by atoms with Crippen LogP contribution in [0.1, 0.15) is 11.1 Å². The van der Waals surface area contributed by atoms with Crippen LogP contribution in [0.4, 0.5) is 5.69 Å². The fraction of sp³-hybridized carbons (Fsp3) is 0.0714. The second kappa shape index (κ2) is 6.26. The number of aromatic hydroxyl groups is 1. The number of hydrogen-bond acceptors (Lipinski definition) is 4. The Morgan fingerprint density at radius 2 is 1.91 bits per heavy atom. The van der Waals surface area contributed by atoms with Gasteiger partial charge in [-0.15, -0.1) is 0 Å². The maximum absolute atomic E-state index is 11.5. The van der Waals surface area contributed by atoms with Crippen molar-refractivity contribution in [2.45, 2.75) is 11.8 Å². The van der Waals surface area contributed by atoms with Crippen molar-refractivity contribution in [1.29, 1.82) is 0 Å². The van der Waals surface area contributed by atoms with Gasteiger partial charge in [-0.25, -0.2) is 13.6 Å². The fourth-order valence-electron chi connectivity index (χ4n) is 1.80. The summed E-state index contributed by atoms with van der Waals surface area (Å²) >= 11 is 11.7. The number of rotatable bonds is 3. The van der Waals surface area contributed by atoms with Crippen LogP contribution in [0.5, 0.6) is 5.75 Å². The summed E-state index contributed by atoms with van der Waals surface area (Å²) in [6.07, 6.45) is 1.34. The average Bonchev–Trinajstić information content (AvgIpc) is 2.41. The molecule has 2 aromatic carbocycles. The van der Waals surface area contributed by atoms with E-state index in [1.807, 2.05) is 0 Å². The monoisotopic (exact) mass is 358 g/mol. The highest BCUT2D eigenvalue weighted by Gasteiger charge is 2.12. The molecule has 0 amide bonds. The zero-order valence-electron chi connectivity index (χ0n) is 11.4. The van der Waals surface area contributed by atoms with Gasteiger partial charge in [0.15, 0.2) is 0 Å². The van der Waals surface area contributed by atoms with Gasteiger partial charge in [-0.3, -0.25) is 4.99 Å². The number of phenolic OH excluding ortho intramolecular Hbond substituents is 1. The summed E-state index contributed by atoms with van der Waals surface area (Å²) in [5, 5.41) is 15.4. The molecule has 2 aromatic rings. The van der Waals surface area contributed by atoms with E-state index in [0.717, 1.165) is 0 Å². The highest BCUT2D eigenvalue weighted by molar-refractivity contribution is 7.89. The summed E-state index contributed by atoms with van der Waals surface area (Å²) in [4.78, 5) is 4.11. The molecule has 116 valence electrons. The summed E-state index contributed by atoms with van der Waals surface area (Å²) in [6.45, 7) is 1.63. The zero-order valence-corrected chi connectivity index (χ0v) is 13.7. The summed E-state index contributed by atoms with van der Waals surface area (Å²) in [7, 11) is -3.83. The first kappa shape index (κ1) is 16.8. The van der Waals surface area contributed by atoms with E-state index in [1.54, 1.807) is 19.1 Å². The van der Waals surface area contributed by atoms with Gasteiger partial charge in [0.1, 0.15) is 5.75 Å². The Balaban J connectivity index is 2.44. The number of benzene rings is 2. The van der Waals surface area contributed by atoms with Crippen LogP contribution in [0, 0.1) is 6.92 Å². The minimum Gasteiger partial charge on any atom is -0.506 e. The molecule has 0 saturated heterocycles.